The van der Waals surface area contributed by atoms with Gasteiger partial charge in [0, 0.05) is 35.7 Å². The Labute approximate surface area is 346 Å². The molecule has 0 spiro atoms. The van der Waals surface area contributed by atoms with Crippen LogP contribution in [0.2, 0.25) is 0 Å². The van der Waals surface area contributed by atoms with Crippen LogP contribution in [0.5, 0.6) is 28.7 Å². The molecule has 0 bridgehead atoms. The van der Waals surface area contributed by atoms with Crippen molar-refractivity contribution in [2.75, 3.05) is 0 Å². The molecule has 0 fully saturated rings. The molecule has 0 atom stereocenters. The van der Waals surface area contributed by atoms with Crippen molar-refractivity contribution in [3.63, 3.8) is 0 Å². The largest absolute Gasteiger partial charge is 0.867 e. The molecule has 7 aromatic carbocycles. The van der Waals surface area contributed by atoms with Crippen LogP contribution in [0.15, 0.2) is 107 Å². The van der Waals surface area contributed by atoms with Crippen LogP contribution in [-0.2, 0) is 33.1 Å². The summed E-state index contributed by atoms with van der Waals surface area (Å²) in [6, 6.07) is 24.2. The summed E-state index contributed by atoms with van der Waals surface area (Å²) < 4.78 is 65.5. The smallest absolute Gasteiger partial charge is 0.378 e. The molecule has 1 N–H and O–H groups in total. The summed E-state index contributed by atoms with van der Waals surface area (Å²) in [6.45, 7) is 8.95. The molecule has 0 radical (unpaired) electrons. The topological polar surface area (TPSA) is 209 Å². The summed E-state index contributed by atoms with van der Waals surface area (Å²) in [6.07, 6.45) is 0.629. The van der Waals surface area contributed by atoms with Crippen LogP contribution in [0.3, 0.4) is 0 Å². The van der Waals surface area contributed by atoms with E-state index in [1.54, 1.807) is 38.1 Å². The summed E-state index contributed by atoms with van der Waals surface area (Å²) >= 11 is 0. The first-order valence-corrected chi connectivity index (χ1v) is 21.3. The minimum Gasteiger partial charge on any atom is -0.867 e. The second-order valence-electron chi connectivity index (χ2n) is 14.7. The van der Waals surface area contributed by atoms with Crippen LogP contribution >= 0.6 is 0 Å². The quantitative estimate of drug-likeness (QED) is 0.101. The van der Waals surface area contributed by atoms with Crippen LogP contribution in [0.4, 0.5) is 11.4 Å². The predicted octanol–water partition coefficient (Wildman–Crippen LogP) is 9.07. The van der Waals surface area contributed by atoms with E-state index in [1.807, 2.05) is 32.9 Å². The number of phenols is 1. The van der Waals surface area contributed by atoms with Gasteiger partial charge in [0.05, 0.1) is 0 Å². The molecule has 0 heterocycles. The first-order chi connectivity index (χ1) is 28.4. The fourth-order valence-corrected chi connectivity index (χ4v) is 9.77. The molecular weight excluding hydrogens is 805 g/mol. The molecule has 0 aliphatic carbocycles. The first kappa shape index (κ1) is 41.0. The van der Waals surface area contributed by atoms with Gasteiger partial charge in [-0.05, 0) is 138 Å². The van der Waals surface area contributed by atoms with E-state index >= 15 is 0 Å². The molecule has 13 nitrogen and oxygen atoms in total. The number of aromatic hydroxyl groups is 1. The second kappa shape index (κ2) is 15.5. The highest BCUT2D eigenvalue weighted by molar-refractivity contribution is 7.87. The van der Waals surface area contributed by atoms with E-state index in [-0.39, 0.29) is 60.0 Å². The Morgan fingerprint density at radius 3 is 1.32 bits per heavy atom. The van der Waals surface area contributed by atoms with Crippen molar-refractivity contribution in [2.45, 2.75) is 57.3 Å². The zero-order valence-corrected chi connectivity index (χ0v) is 34.6. The Morgan fingerprint density at radius 1 is 0.533 bits per heavy atom. The van der Waals surface area contributed by atoms with E-state index in [0.29, 0.717) is 46.2 Å². The molecule has 0 saturated heterocycles. The molecule has 0 aliphatic rings. The van der Waals surface area contributed by atoms with Crippen molar-refractivity contribution in [1.82, 2.24) is 0 Å². The van der Waals surface area contributed by atoms with Crippen molar-refractivity contribution < 1.29 is 40.5 Å². The molecule has 0 amide bonds. The SMILES string of the molecule is Cc1cc(Cc2cc(C)c(OS(=O)(=O)c3cccc4c([O-])c([N+]#N)ccc34)cc2C)c(O)c(Cc2cc(C)c(OS(=O)(=O)c3cccc4c([O-])c([N+]#N)ccc34)cc2C)c1. The molecule has 0 saturated carbocycles. The summed E-state index contributed by atoms with van der Waals surface area (Å²) in [5.74, 6) is -0.967. The molecule has 0 unspecified atom stereocenters. The van der Waals surface area contributed by atoms with E-state index < -0.39 is 31.7 Å². The Morgan fingerprint density at radius 2 is 0.933 bits per heavy atom. The maximum Gasteiger partial charge on any atom is 0.378 e. The van der Waals surface area contributed by atoms with Gasteiger partial charge in [0.1, 0.15) is 27.0 Å². The van der Waals surface area contributed by atoms with Gasteiger partial charge >= 0.3 is 31.6 Å². The number of fused-ring (bicyclic) bond motifs is 2. The Balaban J connectivity index is 1.12. The maximum absolute atomic E-state index is 13.6. The number of rotatable bonds is 10. The Bertz CT molecular complexity index is 3050. The molecule has 0 aliphatic heterocycles. The van der Waals surface area contributed by atoms with Gasteiger partial charge in [0.25, 0.3) is 0 Å². The van der Waals surface area contributed by atoms with Gasteiger partial charge < -0.3 is 23.7 Å². The van der Waals surface area contributed by atoms with E-state index in [0.717, 1.165) is 16.7 Å². The van der Waals surface area contributed by atoms with Crippen molar-refractivity contribution >= 4 is 53.2 Å². The van der Waals surface area contributed by atoms with Gasteiger partial charge in [-0.25, -0.2) is 0 Å². The Hall–Kier alpha value is -7.20. The lowest BCUT2D eigenvalue weighted by molar-refractivity contribution is -0.265. The molecule has 302 valence electrons. The van der Waals surface area contributed by atoms with Gasteiger partial charge in [0.2, 0.25) is 10.8 Å². The number of hydrogen-bond donors (Lipinski definition) is 1. The van der Waals surface area contributed by atoms with E-state index in [9.17, 15) is 32.2 Å². The van der Waals surface area contributed by atoms with Crippen LogP contribution in [-0.4, -0.2) is 21.9 Å². The van der Waals surface area contributed by atoms with Crippen molar-refractivity contribution in [2.24, 2.45) is 0 Å². The summed E-state index contributed by atoms with van der Waals surface area (Å²) in [5.41, 5.74) is 5.85. The molecule has 0 aromatic heterocycles. The van der Waals surface area contributed by atoms with Gasteiger partial charge in [-0.3, -0.25) is 0 Å². The summed E-state index contributed by atoms with van der Waals surface area (Å²) in [4.78, 5) is 5.51. The summed E-state index contributed by atoms with van der Waals surface area (Å²) in [5, 5.41) is 55.6. The number of benzene rings is 7. The highest BCUT2D eigenvalue weighted by Gasteiger charge is 2.25. The standard InChI is InChI=1S/C45H36N4O9S2/c1-24-16-31(22-29-18-27(4)39(20-25(29)2)57-59(53,54)41-10-6-8-35-33(41)12-14-37(48-46)44(35)51)43(50)32(17-24)23-30-19-28(5)40(21-26(30)3)58-60(55,56)42-11-7-9-36-34(42)13-15-38(49-47)45(36)52/h6-21H,22-23H2,1-5H3,(H-2,50,51,52). The predicted molar refractivity (Wildman–Crippen MR) is 222 cm³/mol. The van der Waals surface area contributed by atoms with Crippen LogP contribution < -0.4 is 18.6 Å². The minimum absolute atomic E-state index is 0.0634. The minimum atomic E-state index is -4.41. The van der Waals surface area contributed by atoms with E-state index in [2.05, 4.69) is 9.95 Å². The fourth-order valence-electron chi connectivity index (χ4n) is 7.37. The lowest BCUT2D eigenvalue weighted by Gasteiger charge is -2.18. The average molecular weight is 841 g/mol. The Kier molecular flexibility index (Phi) is 10.6. The number of hydrogen-bond acceptors (Lipinski definition) is 11. The molecule has 60 heavy (non-hydrogen) atoms. The van der Waals surface area contributed by atoms with Gasteiger partial charge in [0.15, 0.2) is 9.95 Å². The highest BCUT2D eigenvalue weighted by Crippen LogP contribution is 2.39. The second-order valence-corrected chi connectivity index (χ2v) is 17.7. The molecule has 7 rings (SSSR count). The maximum atomic E-state index is 13.6. The zero-order valence-electron chi connectivity index (χ0n) is 33.0. The number of diazo groups is 2. The highest BCUT2D eigenvalue weighted by atomic mass is 32.2. The summed E-state index contributed by atoms with van der Waals surface area (Å²) in [7, 11) is -8.82. The third-order valence-electron chi connectivity index (χ3n) is 10.5. The van der Waals surface area contributed by atoms with Crippen LogP contribution in [0.1, 0.15) is 50.1 Å². The van der Waals surface area contributed by atoms with Crippen LogP contribution in [0, 0.1) is 45.4 Å². The van der Waals surface area contributed by atoms with Crippen molar-refractivity contribution in [3.05, 3.63) is 157 Å². The van der Waals surface area contributed by atoms with Crippen molar-refractivity contribution in [1.29, 1.82) is 10.8 Å². The van der Waals surface area contributed by atoms with Gasteiger partial charge in [-0.15, -0.1) is 0 Å². The van der Waals surface area contributed by atoms with Gasteiger partial charge in [-0.1, -0.05) is 54.1 Å². The zero-order chi connectivity index (χ0) is 43.3. The number of phenolic OH excluding ortho intramolecular Hbond substituents is 1. The third-order valence-corrected chi connectivity index (χ3v) is 13.1. The van der Waals surface area contributed by atoms with E-state index in [1.165, 1.54) is 60.7 Å². The lowest BCUT2D eigenvalue weighted by atomic mass is 9.92. The average Bonchev–Trinajstić information content (AvgIpc) is 3.20. The number of aryl methyl sites for hydroxylation is 5. The molecule has 15 heteroatoms. The fraction of sp³-hybridized carbons (Fsp3) is 0.156. The normalized spacial score (nSPS) is 11.7. The lowest BCUT2D eigenvalue weighted by Crippen LogP contribution is -2.12. The molecule has 7 aromatic rings. The van der Waals surface area contributed by atoms with Crippen molar-refractivity contribution in [3.8, 4) is 28.7 Å². The van der Waals surface area contributed by atoms with Crippen LogP contribution in [0.25, 0.3) is 31.5 Å². The monoisotopic (exact) mass is 840 g/mol. The molecular formula is C45H36N4O9S2. The first-order valence-electron chi connectivity index (χ1n) is 18.5. The van der Waals surface area contributed by atoms with Gasteiger partial charge in [-0.2, -0.15) is 16.8 Å². The van der Waals surface area contributed by atoms with E-state index in [4.69, 9.17) is 19.2 Å². The number of nitrogens with zero attached hydrogens (tertiary/aromatic N) is 4. The third kappa shape index (κ3) is 7.59.